The van der Waals surface area contributed by atoms with Gasteiger partial charge in [0.15, 0.2) is 4.77 Å². The van der Waals surface area contributed by atoms with E-state index >= 15 is 0 Å². The molecule has 0 unspecified atom stereocenters. The van der Waals surface area contributed by atoms with Gasteiger partial charge in [0.05, 0.1) is 12.6 Å². The number of para-hydroxylation sites is 1. The number of ether oxygens (including phenoxy) is 1. The first kappa shape index (κ1) is 12.5. The van der Waals surface area contributed by atoms with Crippen LogP contribution in [0.1, 0.15) is 25.7 Å². The number of benzene rings is 1. The molecule has 106 valence electrons. The highest BCUT2D eigenvalue weighted by Crippen LogP contribution is 2.50. The van der Waals surface area contributed by atoms with Gasteiger partial charge in [-0.25, -0.2) is 0 Å². The van der Waals surface area contributed by atoms with Crippen molar-refractivity contribution in [3.8, 4) is 5.75 Å². The predicted molar refractivity (Wildman–Crippen MR) is 82.6 cm³/mol. The highest BCUT2D eigenvalue weighted by Gasteiger charge is 2.41. The molecule has 0 amide bonds. The van der Waals surface area contributed by atoms with Gasteiger partial charge in [-0.15, -0.1) is 0 Å². The molecule has 1 heterocycles. The number of aromatic amines is 1. The van der Waals surface area contributed by atoms with E-state index in [1.54, 1.807) is 7.11 Å². The number of fused-ring (bicyclic) bond motifs is 1. The summed E-state index contributed by atoms with van der Waals surface area (Å²) in [6, 6.07) is 6.17. The second-order valence-electron chi connectivity index (χ2n) is 6.23. The van der Waals surface area contributed by atoms with Crippen molar-refractivity contribution in [3.63, 3.8) is 0 Å². The number of imidazole rings is 1. The molecule has 4 rings (SSSR count). The standard InChI is InChI=1S/C16H20N2OS/c1-19-14-4-2-3-13-15(14)17-16(20)18(13)9-12(10-5-6-10)11-7-8-11/h2-4,10-12H,5-9H2,1H3,(H,17,20). The van der Waals surface area contributed by atoms with E-state index in [0.717, 1.165) is 40.3 Å². The summed E-state index contributed by atoms with van der Waals surface area (Å²) in [7, 11) is 1.71. The second kappa shape index (κ2) is 4.62. The van der Waals surface area contributed by atoms with Crippen LogP contribution in [0.2, 0.25) is 0 Å². The molecule has 2 aliphatic rings. The van der Waals surface area contributed by atoms with Crippen molar-refractivity contribution in [2.45, 2.75) is 32.2 Å². The lowest BCUT2D eigenvalue weighted by Gasteiger charge is -2.16. The van der Waals surface area contributed by atoms with Crippen LogP contribution in [-0.2, 0) is 6.54 Å². The minimum absolute atomic E-state index is 0.826. The summed E-state index contributed by atoms with van der Waals surface area (Å²) in [6.45, 7) is 1.07. The maximum absolute atomic E-state index is 5.54. The van der Waals surface area contributed by atoms with Crippen molar-refractivity contribution in [2.24, 2.45) is 17.8 Å². The fourth-order valence-corrected chi connectivity index (χ4v) is 3.72. The fraction of sp³-hybridized carbons (Fsp3) is 0.562. The number of methoxy groups -OCH3 is 1. The molecule has 1 aromatic heterocycles. The smallest absolute Gasteiger partial charge is 0.178 e. The van der Waals surface area contributed by atoms with Crippen molar-refractivity contribution in [3.05, 3.63) is 23.0 Å². The molecule has 20 heavy (non-hydrogen) atoms. The van der Waals surface area contributed by atoms with Crippen LogP contribution < -0.4 is 4.74 Å². The van der Waals surface area contributed by atoms with Crippen LogP contribution in [-0.4, -0.2) is 16.7 Å². The molecule has 2 aromatic rings. The van der Waals surface area contributed by atoms with Gasteiger partial charge in [0.25, 0.3) is 0 Å². The van der Waals surface area contributed by atoms with Gasteiger partial charge in [-0.05, 0) is 67.8 Å². The molecule has 2 aliphatic carbocycles. The van der Waals surface area contributed by atoms with E-state index in [9.17, 15) is 0 Å². The van der Waals surface area contributed by atoms with Gasteiger partial charge in [-0.1, -0.05) is 6.07 Å². The lowest BCUT2D eigenvalue weighted by molar-refractivity contribution is 0.351. The number of nitrogens with one attached hydrogen (secondary N) is 1. The van der Waals surface area contributed by atoms with E-state index in [-0.39, 0.29) is 0 Å². The molecule has 4 heteroatoms. The van der Waals surface area contributed by atoms with Crippen LogP contribution >= 0.6 is 12.2 Å². The third kappa shape index (κ3) is 2.06. The van der Waals surface area contributed by atoms with Crippen LogP contribution in [0.4, 0.5) is 0 Å². The van der Waals surface area contributed by atoms with E-state index < -0.39 is 0 Å². The van der Waals surface area contributed by atoms with E-state index in [4.69, 9.17) is 17.0 Å². The first-order chi connectivity index (χ1) is 9.78. The fourth-order valence-electron chi connectivity index (χ4n) is 3.45. The van der Waals surface area contributed by atoms with Gasteiger partial charge in [0.2, 0.25) is 0 Å². The van der Waals surface area contributed by atoms with Gasteiger partial charge in [0, 0.05) is 6.54 Å². The molecule has 0 saturated heterocycles. The van der Waals surface area contributed by atoms with Gasteiger partial charge in [-0.3, -0.25) is 0 Å². The van der Waals surface area contributed by atoms with Crippen LogP contribution in [0.15, 0.2) is 18.2 Å². The van der Waals surface area contributed by atoms with Gasteiger partial charge in [0.1, 0.15) is 11.3 Å². The summed E-state index contributed by atoms with van der Waals surface area (Å²) in [6.07, 6.45) is 5.67. The molecule has 2 saturated carbocycles. The highest BCUT2D eigenvalue weighted by molar-refractivity contribution is 7.71. The number of hydrogen-bond donors (Lipinski definition) is 1. The molecule has 0 radical (unpaired) electrons. The van der Waals surface area contributed by atoms with Crippen molar-refractivity contribution in [1.29, 1.82) is 0 Å². The summed E-state index contributed by atoms with van der Waals surface area (Å²) >= 11 is 5.54. The Bertz CT molecular complexity index is 682. The molecule has 0 spiro atoms. The lowest BCUT2D eigenvalue weighted by atomic mass is 9.98. The summed E-state index contributed by atoms with van der Waals surface area (Å²) < 4.78 is 8.55. The van der Waals surface area contributed by atoms with Gasteiger partial charge in [-0.2, -0.15) is 0 Å². The summed E-state index contributed by atoms with van der Waals surface area (Å²) in [5.74, 6) is 3.59. The van der Waals surface area contributed by atoms with E-state index in [2.05, 4.69) is 15.6 Å². The predicted octanol–water partition coefficient (Wildman–Crippen LogP) is 4.14. The molecule has 3 nitrogen and oxygen atoms in total. The summed E-state index contributed by atoms with van der Waals surface area (Å²) in [5, 5.41) is 0. The molecule has 0 atom stereocenters. The highest BCUT2D eigenvalue weighted by atomic mass is 32.1. The normalized spacial score (nSPS) is 18.9. The SMILES string of the molecule is COc1cccc2c1[nH]c(=S)n2CC(C1CC1)C1CC1. The van der Waals surface area contributed by atoms with Crippen molar-refractivity contribution in [2.75, 3.05) is 7.11 Å². The monoisotopic (exact) mass is 288 g/mol. The largest absolute Gasteiger partial charge is 0.494 e. The van der Waals surface area contributed by atoms with Gasteiger partial charge < -0.3 is 14.3 Å². The zero-order valence-electron chi connectivity index (χ0n) is 11.8. The van der Waals surface area contributed by atoms with E-state index in [1.807, 2.05) is 12.1 Å². The molecular formula is C16H20N2OS. The number of aromatic nitrogens is 2. The first-order valence-corrected chi connectivity index (χ1v) is 7.94. The Kier molecular flexibility index (Phi) is 2.88. The summed E-state index contributed by atoms with van der Waals surface area (Å²) in [5.41, 5.74) is 2.21. The minimum atomic E-state index is 0.826. The Hall–Kier alpha value is -1.29. The molecule has 1 N–H and O–H groups in total. The van der Waals surface area contributed by atoms with Crippen molar-refractivity contribution < 1.29 is 4.74 Å². The Morgan fingerprint density at radius 3 is 2.60 bits per heavy atom. The Labute approximate surface area is 123 Å². The second-order valence-corrected chi connectivity index (χ2v) is 6.62. The van der Waals surface area contributed by atoms with Crippen LogP contribution in [0.3, 0.4) is 0 Å². The quantitative estimate of drug-likeness (QED) is 0.838. The number of H-pyrrole nitrogens is 1. The summed E-state index contributed by atoms with van der Waals surface area (Å²) in [4.78, 5) is 3.32. The average Bonchev–Trinajstić information content (AvgIpc) is 3.34. The third-order valence-electron chi connectivity index (χ3n) is 4.84. The number of rotatable bonds is 5. The Morgan fingerprint density at radius 1 is 1.30 bits per heavy atom. The topological polar surface area (TPSA) is 29.9 Å². The van der Waals surface area contributed by atoms with Crippen molar-refractivity contribution in [1.82, 2.24) is 9.55 Å². The third-order valence-corrected chi connectivity index (χ3v) is 5.16. The molecular weight excluding hydrogens is 268 g/mol. The Balaban J connectivity index is 1.75. The minimum Gasteiger partial charge on any atom is -0.494 e. The van der Waals surface area contributed by atoms with Crippen molar-refractivity contribution >= 4 is 23.3 Å². The zero-order valence-corrected chi connectivity index (χ0v) is 12.6. The Morgan fingerprint density at radius 2 is 2.00 bits per heavy atom. The molecule has 0 bridgehead atoms. The van der Waals surface area contributed by atoms with Crippen LogP contribution in [0.5, 0.6) is 5.75 Å². The van der Waals surface area contributed by atoms with E-state index in [0.29, 0.717) is 0 Å². The number of nitrogens with zero attached hydrogens (tertiary/aromatic N) is 1. The molecule has 2 fully saturated rings. The van der Waals surface area contributed by atoms with Crippen LogP contribution in [0, 0.1) is 22.5 Å². The van der Waals surface area contributed by atoms with Crippen LogP contribution in [0.25, 0.3) is 11.0 Å². The zero-order chi connectivity index (χ0) is 13.7. The maximum atomic E-state index is 5.54. The average molecular weight is 288 g/mol. The van der Waals surface area contributed by atoms with E-state index in [1.165, 1.54) is 31.2 Å². The molecule has 1 aromatic carbocycles. The number of hydrogen-bond acceptors (Lipinski definition) is 2. The lowest BCUT2D eigenvalue weighted by Crippen LogP contribution is -2.15. The van der Waals surface area contributed by atoms with Gasteiger partial charge >= 0.3 is 0 Å². The molecule has 0 aliphatic heterocycles. The first-order valence-electron chi connectivity index (χ1n) is 7.53. The maximum Gasteiger partial charge on any atom is 0.178 e.